The summed E-state index contributed by atoms with van der Waals surface area (Å²) in [7, 11) is 1.73. The van der Waals surface area contributed by atoms with Crippen molar-refractivity contribution in [2.75, 3.05) is 7.11 Å². The van der Waals surface area contributed by atoms with E-state index in [2.05, 4.69) is 52.0 Å². The number of hydrogen-bond acceptors (Lipinski definition) is 1. The summed E-state index contributed by atoms with van der Waals surface area (Å²) in [5.74, 6) is 1.58. The van der Waals surface area contributed by atoms with Crippen molar-refractivity contribution in [3.05, 3.63) is 41.0 Å². The van der Waals surface area contributed by atoms with Crippen LogP contribution in [0.1, 0.15) is 30.5 Å². The molecule has 1 heteroatoms. The van der Waals surface area contributed by atoms with Crippen molar-refractivity contribution >= 4 is 0 Å². The van der Waals surface area contributed by atoms with E-state index >= 15 is 0 Å². The van der Waals surface area contributed by atoms with E-state index in [1.54, 1.807) is 7.11 Å². The summed E-state index contributed by atoms with van der Waals surface area (Å²) in [6, 6.07) is 4.25. The maximum absolute atomic E-state index is 5.32. The molecule has 0 aromatic heterocycles. The molecule has 0 saturated heterocycles. The predicted molar refractivity (Wildman–Crippen MR) is 70.2 cm³/mol. The molecular weight excluding hydrogens is 196 g/mol. The zero-order valence-electron chi connectivity index (χ0n) is 11.0. The normalized spacial score (nSPS) is 13.1. The Morgan fingerprint density at radius 3 is 2.50 bits per heavy atom. The standard InChI is InChI=1S/C15H22O/c1-6-7-11(2)10-14-8-9-15(16-5)13(4)12(14)3/h6-9,11H,10H2,1-5H3/b7-6-. The molecule has 0 bridgehead atoms. The lowest BCUT2D eigenvalue weighted by Crippen LogP contribution is -2.01. The van der Waals surface area contributed by atoms with Gasteiger partial charge in [-0.25, -0.2) is 0 Å². The molecule has 0 amide bonds. The van der Waals surface area contributed by atoms with Gasteiger partial charge in [0.05, 0.1) is 7.11 Å². The van der Waals surface area contributed by atoms with Gasteiger partial charge in [-0.05, 0) is 55.9 Å². The fraction of sp³-hybridized carbons (Fsp3) is 0.467. The summed E-state index contributed by atoms with van der Waals surface area (Å²) in [6.07, 6.45) is 5.47. The fourth-order valence-electron chi connectivity index (χ4n) is 2.04. The first-order chi connectivity index (χ1) is 7.60. The third-order valence-corrected chi connectivity index (χ3v) is 3.13. The van der Waals surface area contributed by atoms with Crippen LogP contribution in [0, 0.1) is 19.8 Å². The lowest BCUT2D eigenvalue weighted by molar-refractivity contribution is 0.411. The van der Waals surface area contributed by atoms with Crippen molar-refractivity contribution in [2.45, 2.75) is 34.1 Å². The minimum Gasteiger partial charge on any atom is -0.496 e. The Bertz CT molecular complexity index is 377. The summed E-state index contributed by atoms with van der Waals surface area (Å²) < 4.78 is 5.32. The number of hydrogen-bond donors (Lipinski definition) is 0. The van der Waals surface area contributed by atoms with Crippen molar-refractivity contribution in [3.8, 4) is 5.75 Å². The zero-order valence-corrected chi connectivity index (χ0v) is 11.0. The van der Waals surface area contributed by atoms with Crippen LogP contribution in [-0.4, -0.2) is 7.11 Å². The summed E-state index contributed by atoms with van der Waals surface area (Å²) in [5, 5.41) is 0. The molecule has 1 aromatic carbocycles. The van der Waals surface area contributed by atoms with Crippen molar-refractivity contribution < 1.29 is 4.74 Å². The number of ether oxygens (including phenoxy) is 1. The summed E-state index contributed by atoms with van der Waals surface area (Å²) in [5.41, 5.74) is 4.03. The maximum Gasteiger partial charge on any atom is 0.122 e. The molecule has 1 nitrogen and oxygen atoms in total. The summed E-state index contributed by atoms with van der Waals surface area (Å²) >= 11 is 0. The SMILES string of the molecule is C/C=C\C(C)Cc1ccc(OC)c(C)c1C. The molecule has 0 aliphatic carbocycles. The molecule has 0 fully saturated rings. The van der Waals surface area contributed by atoms with Gasteiger partial charge in [0.1, 0.15) is 5.75 Å². The molecule has 16 heavy (non-hydrogen) atoms. The molecule has 0 radical (unpaired) electrons. The van der Waals surface area contributed by atoms with Gasteiger partial charge in [-0.15, -0.1) is 0 Å². The summed E-state index contributed by atoms with van der Waals surface area (Å²) in [4.78, 5) is 0. The van der Waals surface area contributed by atoms with Crippen LogP contribution < -0.4 is 4.74 Å². The second-order valence-corrected chi connectivity index (χ2v) is 4.38. The molecule has 1 unspecified atom stereocenters. The van der Waals surface area contributed by atoms with E-state index in [0.717, 1.165) is 12.2 Å². The Hall–Kier alpha value is -1.24. The van der Waals surface area contributed by atoms with Crippen LogP contribution in [0.15, 0.2) is 24.3 Å². The average molecular weight is 218 g/mol. The third kappa shape index (κ3) is 2.88. The maximum atomic E-state index is 5.32. The van der Waals surface area contributed by atoms with Gasteiger partial charge in [-0.1, -0.05) is 25.1 Å². The van der Waals surface area contributed by atoms with Crippen molar-refractivity contribution in [3.63, 3.8) is 0 Å². The highest BCUT2D eigenvalue weighted by Gasteiger charge is 2.08. The highest BCUT2D eigenvalue weighted by atomic mass is 16.5. The van der Waals surface area contributed by atoms with Gasteiger partial charge in [-0.2, -0.15) is 0 Å². The number of allylic oxidation sites excluding steroid dienone is 2. The first-order valence-electron chi connectivity index (χ1n) is 5.86. The van der Waals surface area contributed by atoms with Crippen molar-refractivity contribution in [2.24, 2.45) is 5.92 Å². The molecular formula is C15H22O. The number of methoxy groups -OCH3 is 1. The second-order valence-electron chi connectivity index (χ2n) is 4.38. The fourth-order valence-corrected chi connectivity index (χ4v) is 2.04. The quantitative estimate of drug-likeness (QED) is 0.692. The van der Waals surface area contributed by atoms with Crippen molar-refractivity contribution in [1.82, 2.24) is 0 Å². The topological polar surface area (TPSA) is 9.23 Å². The Kier molecular flexibility index (Phi) is 4.60. The molecule has 0 heterocycles. The van der Waals surface area contributed by atoms with Gasteiger partial charge >= 0.3 is 0 Å². The zero-order chi connectivity index (χ0) is 12.1. The largest absolute Gasteiger partial charge is 0.496 e. The van der Waals surface area contributed by atoms with Crippen LogP contribution in [0.3, 0.4) is 0 Å². The number of benzene rings is 1. The van der Waals surface area contributed by atoms with Crippen LogP contribution in [0.5, 0.6) is 5.75 Å². The smallest absolute Gasteiger partial charge is 0.122 e. The minimum absolute atomic E-state index is 0.594. The van der Waals surface area contributed by atoms with Crippen LogP contribution >= 0.6 is 0 Å². The van der Waals surface area contributed by atoms with E-state index in [0.29, 0.717) is 5.92 Å². The Labute approximate surface area is 99.1 Å². The van der Waals surface area contributed by atoms with Gasteiger partial charge in [0.15, 0.2) is 0 Å². The van der Waals surface area contributed by atoms with Gasteiger partial charge in [-0.3, -0.25) is 0 Å². The van der Waals surface area contributed by atoms with E-state index in [4.69, 9.17) is 4.74 Å². The highest BCUT2D eigenvalue weighted by molar-refractivity contribution is 5.43. The molecule has 0 saturated carbocycles. The molecule has 0 spiro atoms. The van der Waals surface area contributed by atoms with E-state index in [1.807, 2.05) is 0 Å². The molecule has 0 N–H and O–H groups in total. The van der Waals surface area contributed by atoms with Gasteiger partial charge in [0, 0.05) is 0 Å². The highest BCUT2D eigenvalue weighted by Crippen LogP contribution is 2.25. The van der Waals surface area contributed by atoms with Crippen molar-refractivity contribution in [1.29, 1.82) is 0 Å². The molecule has 88 valence electrons. The molecule has 0 aliphatic rings. The van der Waals surface area contributed by atoms with Crippen LogP contribution in [0.4, 0.5) is 0 Å². The molecule has 1 aromatic rings. The van der Waals surface area contributed by atoms with Crippen LogP contribution in [0.2, 0.25) is 0 Å². The monoisotopic (exact) mass is 218 g/mol. The minimum atomic E-state index is 0.594. The first-order valence-corrected chi connectivity index (χ1v) is 5.86. The number of rotatable bonds is 4. The van der Waals surface area contributed by atoms with E-state index in [-0.39, 0.29) is 0 Å². The van der Waals surface area contributed by atoms with E-state index in [1.165, 1.54) is 16.7 Å². The van der Waals surface area contributed by atoms with Crippen LogP contribution in [0.25, 0.3) is 0 Å². The lowest BCUT2D eigenvalue weighted by Gasteiger charge is -2.14. The first kappa shape index (κ1) is 12.8. The molecule has 1 atom stereocenters. The average Bonchev–Trinajstić information content (AvgIpc) is 2.25. The Morgan fingerprint density at radius 2 is 1.94 bits per heavy atom. The summed E-state index contributed by atoms with van der Waals surface area (Å²) in [6.45, 7) is 8.62. The van der Waals surface area contributed by atoms with Gasteiger partial charge in [0.25, 0.3) is 0 Å². The van der Waals surface area contributed by atoms with Gasteiger partial charge in [0.2, 0.25) is 0 Å². The second kappa shape index (κ2) is 5.74. The lowest BCUT2D eigenvalue weighted by atomic mass is 9.94. The Balaban J connectivity index is 2.94. The predicted octanol–water partition coefficient (Wildman–Crippen LogP) is 4.07. The van der Waals surface area contributed by atoms with E-state index < -0.39 is 0 Å². The van der Waals surface area contributed by atoms with E-state index in [9.17, 15) is 0 Å². The third-order valence-electron chi connectivity index (χ3n) is 3.13. The van der Waals surface area contributed by atoms with Crippen LogP contribution in [-0.2, 0) is 6.42 Å². The molecule has 0 aliphatic heterocycles. The van der Waals surface area contributed by atoms with Gasteiger partial charge < -0.3 is 4.74 Å². The Morgan fingerprint density at radius 1 is 1.25 bits per heavy atom. The molecule has 1 rings (SSSR count).